The fraction of sp³-hybridized carbons (Fsp3) is 0.464. The van der Waals surface area contributed by atoms with E-state index in [1.807, 2.05) is 45.0 Å². The normalized spacial score (nSPS) is 14.1. The lowest BCUT2D eigenvalue weighted by molar-refractivity contribution is -0.138. The molecule has 3 rings (SSSR count). The lowest BCUT2D eigenvalue weighted by Gasteiger charge is -2.22. The van der Waals surface area contributed by atoms with Crippen molar-refractivity contribution in [2.75, 3.05) is 13.2 Å². The molecule has 2 aromatic carbocycles. The first-order valence-electron chi connectivity index (χ1n) is 12.4. The van der Waals surface area contributed by atoms with Gasteiger partial charge >= 0.3 is 12.1 Å². The maximum absolute atomic E-state index is 12.8. The molecule has 35 heavy (non-hydrogen) atoms. The first-order chi connectivity index (χ1) is 16.8. The molecule has 1 aliphatic rings. The molecule has 2 aromatic rings. The molecular weight excluding hydrogens is 444 g/mol. The van der Waals surface area contributed by atoms with E-state index in [1.165, 1.54) is 0 Å². The van der Waals surface area contributed by atoms with Crippen LogP contribution in [0.2, 0.25) is 0 Å². The van der Waals surface area contributed by atoms with Gasteiger partial charge in [-0.05, 0) is 46.9 Å². The minimum atomic E-state index is -0.883. The zero-order valence-electron chi connectivity index (χ0n) is 20.8. The molecule has 0 heterocycles. The highest BCUT2D eigenvalue weighted by Crippen LogP contribution is 2.44. The van der Waals surface area contributed by atoms with Crippen LogP contribution in [-0.4, -0.2) is 42.3 Å². The van der Waals surface area contributed by atoms with Crippen molar-refractivity contribution in [2.24, 2.45) is 11.8 Å². The van der Waals surface area contributed by atoms with E-state index in [4.69, 9.17) is 9.84 Å². The highest BCUT2D eigenvalue weighted by Gasteiger charge is 2.30. The van der Waals surface area contributed by atoms with Crippen LogP contribution in [0, 0.1) is 11.8 Å². The molecule has 0 aromatic heterocycles. The Hall–Kier alpha value is -3.35. The number of ether oxygens (including phenoxy) is 1. The number of carboxylic acid groups (broad SMARTS) is 1. The minimum absolute atomic E-state index is 0.00326. The number of amides is 2. The Bertz CT molecular complexity index is 990. The van der Waals surface area contributed by atoms with Crippen molar-refractivity contribution in [1.82, 2.24) is 10.6 Å². The van der Waals surface area contributed by atoms with Gasteiger partial charge in [-0.25, -0.2) is 4.79 Å². The third kappa shape index (κ3) is 7.07. The van der Waals surface area contributed by atoms with E-state index >= 15 is 0 Å². The second-order valence-corrected chi connectivity index (χ2v) is 9.65. The summed E-state index contributed by atoms with van der Waals surface area (Å²) in [6, 6.07) is 15.5. The number of hydrogen-bond donors (Lipinski definition) is 3. The van der Waals surface area contributed by atoms with Crippen LogP contribution < -0.4 is 10.6 Å². The van der Waals surface area contributed by atoms with Crippen molar-refractivity contribution in [3.05, 3.63) is 59.7 Å². The van der Waals surface area contributed by atoms with Crippen LogP contribution in [0.25, 0.3) is 11.1 Å². The summed E-state index contributed by atoms with van der Waals surface area (Å²) in [5.41, 5.74) is 4.55. The lowest BCUT2D eigenvalue weighted by Crippen LogP contribution is -2.48. The number of fused-ring (bicyclic) bond motifs is 3. The zero-order valence-corrected chi connectivity index (χ0v) is 20.8. The van der Waals surface area contributed by atoms with Crippen molar-refractivity contribution in [3.8, 4) is 11.1 Å². The second-order valence-electron chi connectivity index (χ2n) is 9.65. The molecule has 188 valence electrons. The molecule has 2 unspecified atom stereocenters. The quantitative estimate of drug-likeness (QED) is 0.399. The summed E-state index contributed by atoms with van der Waals surface area (Å²) in [4.78, 5) is 36.6. The zero-order chi connectivity index (χ0) is 25.4. The number of carboxylic acids is 1. The summed E-state index contributed by atoms with van der Waals surface area (Å²) in [5, 5.41) is 14.7. The molecule has 3 N–H and O–H groups in total. The van der Waals surface area contributed by atoms with E-state index in [9.17, 15) is 14.4 Å². The Kier molecular flexibility index (Phi) is 9.29. The Morgan fingerprint density at radius 1 is 1.00 bits per heavy atom. The van der Waals surface area contributed by atoms with Crippen LogP contribution >= 0.6 is 0 Å². The molecule has 1 aliphatic carbocycles. The molecule has 0 saturated heterocycles. The summed E-state index contributed by atoms with van der Waals surface area (Å²) in [5.74, 6) is -1.10. The average Bonchev–Trinajstić information content (AvgIpc) is 3.14. The predicted molar refractivity (Wildman–Crippen MR) is 135 cm³/mol. The van der Waals surface area contributed by atoms with Gasteiger partial charge in [0.2, 0.25) is 5.91 Å². The van der Waals surface area contributed by atoms with E-state index in [1.54, 1.807) is 0 Å². The smallest absolute Gasteiger partial charge is 0.407 e. The van der Waals surface area contributed by atoms with Crippen molar-refractivity contribution < 1.29 is 24.2 Å². The van der Waals surface area contributed by atoms with Crippen molar-refractivity contribution in [2.45, 2.75) is 58.4 Å². The first kappa shape index (κ1) is 26.3. The largest absolute Gasteiger partial charge is 0.481 e. The molecule has 0 spiro atoms. The van der Waals surface area contributed by atoms with Gasteiger partial charge in [0.25, 0.3) is 0 Å². The summed E-state index contributed by atoms with van der Waals surface area (Å²) in [6.07, 6.45) is 1.22. The van der Waals surface area contributed by atoms with Gasteiger partial charge in [0.05, 0.1) is 0 Å². The number of alkyl carbamates (subject to hydrolysis) is 1. The number of carbonyl (C=O) groups is 3. The van der Waals surface area contributed by atoms with Crippen LogP contribution in [0.1, 0.15) is 63.5 Å². The van der Waals surface area contributed by atoms with Crippen LogP contribution in [0.3, 0.4) is 0 Å². The summed E-state index contributed by atoms with van der Waals surface area (Å²) in [6.45, 7) is 6.42. The van der Waals surface area contributed by atoms with Crippen LogP contribution in [0.5, 0.6) is 0 Å². The standard InChI is InChI=1S/C28H36N2O5/c1-4-9-25(27(33)29-16-19(14-18(2)3)15-26(31)32)30-28(34)35-17-24-22-12-7-5-10-20(22)21-11-6-8-13-23(21)24/h5-8,10-13,18-19,24-25H,4,9,14-17H2,1-3H3,(H,29,33)(H,30,34)(H,31,32). The number of benzene rings is 2. The minimum Gasteiger partial charge on any atom is -0.481 e. The van der Waals surface area contributed by atoms with Crippen LogP contribution in [0.4, 0.5) is 4.79 Å². The molecule has 0 aliphatic heterocycles. The SMILES string of the molecule is CCCC(NC(=O)OCC1c2ccccc2-c2ccccc21)C(=O)NCC(CC(=O)O)CC(C)C. The van der Waals surface area contributed by atoms with Gasteiger partial charge in [0.1, 0.15) is 12.6 Å². The molecule has 7 heteroatoms. The summed E-state index contributed by atoms with van der Waals surface area (Å²) >= 11 is 0. The van der Waals surface area contributed by atoms with E-state index in [-0.39, 0.29) is 37.3 Å². The van der Waals surface area contributed by atoms with Gasteiger partial charge in [-0.3, -0.25) is 9.59 Å². The lowest BCUT2D eigenvalue weighted by atomic mass is 9.94. The van der Waals surface area contributed by atoms with E-state index < -0.39 is 18.1 Å². The van der Waals surface area contributed by atoms with Crippen molar-refractivity contribution >= 4 is 18.0 Å². The Morgan fingerprint density at radius 2 is 1.60 bits per heavy atom. The molecule has 0 saturated carbocycles. The fourth-order valence-corrected chi connectivity index (χ4v) is 4.86. The number of rotatable bonds is 12. The third-order valence-corrected chi connectivity index (χ3v) is 6.36. The number of nitrogens with one attached hydrogen (secondary N) is 2. The molecular formula is C28H36N2O5. The predicted octanol–water partition coefficient (Wildman–Crippen LogP) is 4.95. The van der Waals surface area contributed by atoms with E-state index in [2.05, 4.69) is 34.9 Å². The monoisotopic (exact) mass is 480 g/mol. The molecule has 0 bridgehead atoms. The van der Waals surface area contributed by atoms with Gasteiger partial charge in [-0.15, -0.1) is 0 Å². The van der Waals surface area contributed by atoms with E-state index in [0.717, 1.165) is 22.3 Å². The molecule has 0 fully saturated rings. The van der Waals surface area contributed by atoms with Gasteiger partial charge in [-0.1, -0.05) is 75.7 Å². The summed E-state index contributed by atoms with van der Waals surface area (Å²) < 4.78 is 5.59. The van der Waals surface area contributed by atoms with Crippen molar-refractivity contribution in [1.29, 1.82) is 0 Å². The number of hydrogen-bond acceptors (Lipinski definition) is 4. The number of carbonyl (C=O) groups excluding carboxylic acids is 2. The van der Waals surface area contributed by atoms with Crippen LogP contribution in [0.15, 0.2) is 48.5 Å². The Morgan fingerprint density at radius 3 is 2.14 bits per heavy atom. The Labute approximate surface area is 207 Å². The summed E-state index contributed by atoms with van der Waals surface area (Å²) in [7, 11) is 0. The number of aliphatic carboxylic acids is 1. The van der Waals surface area contributed by atoms with Gasteiger partial charge in [0, 0.05) is 18.9 Å². The van der Waals surface area contributed by atoms with Crippen molar-refractivity contribution in [3.63, 3.8) is 0 Å². The van der Waals surface area contributed by atoms with Crippen LogP contribution in [-0.2, 0) is 14.3 Å². The van der Waals surface area contributed by atoms with Gasteiger partial charge < -0.3 is 20.5 Å². The maximum Gasteiger partial charge on any atom is 0.407 e. The maximum atomic E-state index is 12.8. The Balaban J connectivity index is 1.58. The van der Waals surface area contributed by atoms with Gasteiger partial charge in [-0.2, -0.15) is 0 Å². The fourth-order valence-electron chi connectivity index (χ4n) is 4.86. The average molecular weight is 481 g/mol. The molecule has 7 nitrogen and oxygen atoms in total. The highest BCUT2D eigenvalue weighted by molar-refractivity contribution is 5.85. The third-order valence-electron chi connectivity index (χ3n) is 6.36. The second kappa shape index (κ2) is 12.4. The van der Waals surface area contributed by atoms with E-state index in [0.29, 0.717) is 25.2 Å². The molecule has 2 amide bonds. The molecule has 0 radical (unpaired) electrons. The highest BCUT2D eigenvalue weighted by atomic mass is 16.5. The first-order valence-corrected chi connectivity index (χ1v) is 12.4. The molecule has 2 atom stereocenters. The topological polar surface area (TPSA) is 105 Å². The van der Waals surface area contributed by atoms with Gasteiger partial charge in [0.15, 0.2) is 0 Å².